The number of aromatic nitrogens is 1. The zero-order valence-corrected chi connectivity index (χ0v) is 10.8. The van der Waals surface area contributed by atoms with Crippen LogP contribution in [0.3, 0.4) is 0 Å². The molecule has 110 valence electrons. The summed E-state index contributed by atoms with van der Waals surface area (Å²) in [6, 6.07) is 7.39. The van der Waals surface area contributed by atoms with Crippen LogP contribution in [0.25, 0.3) is 0 Å². The lowest BCUT2D eigenvalue weighted by atomic mass is 10.1. The van der Waals surface area contributed by atoms with Gasteiger partial charge in [-0.1, -0.05) is 6.07 Å². The van der Waals surface area contributed by atoms with Gasteiger partial charge in [0.1, 0.15) is 0 Å². The van der Waals surface area contributed by atoms with Crippen LogP contribution in [0.15, 0.2) is 42.6 Å². The molecule has 0 fully saturated rings. The number of alkyl halides is 3. The van der Waals surface area contributed by atoms with Gasteiger partial charge in [-0.25, -0.2) is 0 Å². The van der Waals surface area contributed by atoms with Gasteiger partial charge in [0.05, 0.1) is 11.3 Å². The normalized spacial score (nSPS) is 11.2. The summed E-state index contributed by atoms with van der Waals surface area (Å²) in [5.74, 6) is -0.522. The number of hydrogen-bond donors (Lipinski definition) is 2. The Morgan fingerprint density at radius 2 is 2.00 bits per heavy atom. The summed E-state index contributed by atoms with van der Waals surface area (Å²) in [4.78, 5) is 15.9. The molecule has 1 aromatic carbocycles. The number of amides is 1. The van der Waals surface area contributed by atoms with Gasteiger partial charge in [0, 0.05) is 24.0 Å². The summed E-state index contributed by atoms with van der Waals surface area (Å²) in [6.07, 6.45) is -3.03. The lowest BCUT2D eigenvalue weighted by molar-refractivity contribution is -0.137. The van der Waals surface area contributed by atoms with Crippen molar-refractivity contribution < 1.29 is 18.0 Å². The average molecular weight is 295 g/mol. The number of nitrogens with zero attached hydrogens (tertiary/aromatic N) is 1. The molecule has 21 heavy (non-hydrogen) atoms. The third-order valence-corrected chi connectivity index (χ3v) is 2.74. The van der Waals surface area contributed by atoms with E-state index in [1.165, 1.54) is 30.5 Å². The number of carbonyl (C=O) groups is 1. The number of nitrogens with one attached hydrogen (secondary N) is 1. The summed E-state index contributed by atoms with van der Waals surface area (Å²) in [6.45, 7) is 0.171. The molecule has 1 aromatic heterocycles. The summed E-state index contributed by atoms with van der Waals surface area (Å²) in [7, 11) is 0. The number of hydrogen-bond acceptors (Lipinski definition) is 3. The first-order valence-corrected chi connectivity index (χ1v) is 6.04. The van der Waals surface area contributed by atoms with E-state index in [4.69, 9.17) is 5.73 Å². The minimum atomic E-state index is -4.45. The first-order chi connectivity index (χ1) is 9.90. The number of nitrogens with two attached hydrogens (primary N) is 1. The van der Waals surface area contributed by atoms with Gasteiger partial charge in [-0.05, 0) is 30.3 Å². The first kappa shape index (κ1) is 15.0. The van der Waals surface area contributed by atoms with E-state index in [2.05, 4.69) is 10.3 Å². The van der Waals surface area contributed by atoms with Crippen molar-refractivity contribution in [1.29, 1.82) is 0 Å². The molecule has 0 aliphatic carbocycles. The third-order valence-electron chi connectivity index (χ3n) is 2.74. The van der Waals surface area contributed by atoms with Gasteiger partial charge in [0.25, 0.3) is 5.91 Å². The van der Waals surface area contributed by atoms with Crippen LogP contribution >= 0.6 is 0 Å². The fourth-order valence-corrected chi connectivity index (χ4v) is 1.71. The van der Waals surface area contributed by atoms with Crippen LogP contribution < -0.4 is 11.1 Å². The Bertz CT molecular complexity index is 656. The van der Waals surface area contributed by atoms with Crippen LogP contribution in [-0.2, 0) is 12.7 Å². The second-order valence-electron chi connectivity index (χ2n) is 4.27. The van der Waals surface area contributed by atoms with E-state index in [0.29, 0.717) is 5.69 Å². The van der Waals surface area contributed by atoms with E-state index in [1.54, 1.807) is 0 Å². The van der Waals surface area contributed by atoms with Crippen molar-refractivity contribution in [1.82, 2.24) is 4.98 Å². The lowest BCUT2D eigenvalue weighted by Gasteiger charge is -2.10. The molecule has 0 bridgehead atoms. The maximum Gasteiger partial charge on any atom is 0.416 e. The Balaban J connectivity index is 2.19. The molecular formula is C14H12F3N3O. The van der Waals surface area contributed by atoms with Gasteiger partial charge >= 0.3 is 6.18 Å². The van der Waals surface area contributed by atoms with E-state index < -0.39 is 17.6 Å². The van der Waals surface area contributed by atoms with Crippen LogP contribution in [-0.4, -0.2) is 10.9 Å². The predicted octanol–water partition coefficient (Wildman–Crippen LogP) is 2.81. The Morgan fingerprint density at radius 1 is 1.24 bits per heavy atom. The molecule has 0 spiro atoms. The minimum Gasteiger partial charge on any atom is -0.325 e. The lowest BCUT2D eigenvalue weighted by Crippen LogP contribution is -2.14. The van der Waals surface area contributed by atoms with Crippen LogP contribution in [0.4, 0.5) is 18.9 Å². The van der Waals surface area contributed by atoms with E-state index in [0.717, 1.165) is 12.1 Å². The van der Waals surface area contributed by atoms with Crippen LogP contribution in [0.2, 0.25) is 0 Å². The third kappa shape index (κ3) is 3.79. The molecule has 2 rings (SSSR count). The van der Waals surface area contributed by atoms with Crippen LogP contribution in [0.5, 0.6) is 0 Å². The standard InChI is InChI=1S/C14H12F3N3O/c15-14(16,17)10-2-1-3-11(7-10)20-13(21)9-4-5-19-12(6-9)8-18/h1-7H,8,18H2,(H,20,21). The molecule has 1 amide bonds. The minimum absolute atomic E-state index is 0.0703. The van der Waals surface area contributed by atoms with Crippen molar-refractivity contribution in [3.05, 3.63) is 59.4 Å². The van der Waals surface area contributed by atoms with Crippen molar-refractivity contribution in [3.8, 4) is 0 Å². The van der Waals surface area contributed by atoms with Gasteiger partial charge < -0.3 is 11.1 Å². The molecule has 0 saturated heterocycles. The second-order valence-corrected chi connectivity index (χ2v) is 4.27. The van der Waals surface area contributed by atoms with E-state index in [-0.39, 0.29) is 17.8 Å². The number of anilines is 1. The van der Waals surface area contributed by atoms with Crippen molar-refractivity contribution in [3.63, 3.8) is 0 Å². The second kappa shape index (κ2) is 5.92. The van der Waals surface area contributed by atoms with Crippen LogP contribution in [0, 0.1) is 0 Å². The number of benzene rings is 1. The zero-order valence-electron chi connectivity index (χ0n) is 10.8. The Labute approximate surface area is 118 Å². The number of rotatable bonds is 3. The molecule has 4 nitrogen and oxygen atoms in total. The molecule has 0 saturated carbocycles. The molecule has 0 atom stereocenters. The van der Waals surface area contributed by atoms with Crippen molar-refractivity contribution in [2.45, 2.75) is 12.7 Å². The number of carbonyl (C=O) groups excluding carboxylic acids is 1. The van der Waals surface area contributed by atoms with Gasteiger partial charge in [-0.15, -0.1) is 0 Å². The van der Waals surface area contributed by atoms with Crippen LogP contribution in [0.1, 0.15) is 21.6 Å². The summed E-state index contributed by atoms with van der Waals surface area (Å²) < 4.78 is 37.8. The van der Waals surface area contributed by atoms with E-state index in [9.17, 15) is 18.0 Å². The predicted molar refractivity (Wildman–Crippen MR) is 71.5 cm³/mol. The highest BCUT2D eigenvalue weighted by molar-refractivity contribution is 6.04. The Kier molecular flexibility index (Phi) is 4.23. The highest BCUT2D eigenvalue weighted by Crippen LogP contribution is 2.30. The fraction of sp³-hybridized carbons (Fsp3) is 0.143. The molecule has 0 aliphatic rings. The van der Waals surface area contributed by atoms with E-state index in [1.807, 2.05) is 0 Å². The van der Waals surface area contributed by atoms with Gasteiger partial charge in [-0.3, -0.25) is 9.78 Å². The summed E-state index contributed by atoms with van der Waals surface area (Å²) in [5, 5.41) is 2.41. The zero-order chi connectivity index (χ0) is 15.5. The van der Waals surface area contributed by atoms with Gasteiger partial charge in [-0.2, -0.15) is 13.2 Å². The summed E-state index contributed by atoms with van der Waals surface area (Å²) >= 11 is 0. The Hall–Kier alpha value is -2.41. The topological polar surface area (TPSA) is 68.0 Å². The molecule has 2 aromatic rings. The average Bonchev–Trinajstić information content (AvgIpc) is 2.46. The molecular weight excluding hydrogens is 283 g/mol. The first-order valence-electron chi connectivity index (χ1n) is 6.04. The summed E-state index contributed by atoms with van der Waals surface area (Å²) in [5.41, 5.74) is 5.47. The maximum atomic E-state index is 12.6. The fourth-order valence-electron chi connectivity index (χ4n) is 1.71. The van der Waals surface area contributed by atoms with Gasteiger partial charge in [0.2, 0.25) is 0 Å². The molecule has 1 heterocycles. The molecule has 0 unspecified atom stereocenters. The number of halogens is 3. The highest BCUT2D eigenvalue weighted by atomic mass is 19.4. The molecule has 7 heteroatoms. The molecule has 3 N–H and O–H groups in total. The van der Waals surface area contributed by atoms with Gasteiger partial charge in [0.15, 0.2) is 0 Å². The largest absolute Gasteiger partial charge is 0.416 e. The smallest absolute Gasteiger partial charge is 0.325 e. The quantitative estimate of drug-likeness (QED) is 0.915. The maximum absolute atomic E-state index is 12.6. The van der Waals surface area contributed by atoms with Crippen molar-refractivity contribution in [2.75, 3.05) is 5.32 Å². The molecule has 0 aliphatic heterocycles. The van der Waals surface area contributed by atoms with E-state index >= 15 is 0 Å². The Morgan fingerprint density at radius 3 is 2.67 bits per heavy atom. The number of pyridine rings is 1. The van der Waals surface area contributed by atoms with Crippen molar-refractivity contribution >= 4 is 11.6 Å². The SMILES string of the molecule is NCc1cc(C(=O)Nc2cccc(C(F)(F)F)c2)ccn1. The monoisotopic (exact) mass is 295 g/mol. The molecule has 0 radical (unpaired) electrons. The highest BCUT2D eigenvalue weighted by Gasteiger charge is 2.30. The van der Waals surface area contributed by atoms with Crippen molar-refractivity contribution in [2.24, 2.45) is 5.73 Å².